The molecule has 0 unspecified atom stereocenters. The van der Waals surface area contributed by atoms with Crippen molar-refractivity contribution in [2.45, 2.75) is 13.8 Å². The average molecular weight is 359 g/mol. The van der Waals surface area contributed by atoms with Gasteiger partial charge >= 0.3 is 0 Å². The number of rotatable bonds is 3. The zero-order valence-corrected chi connectivity index (χ0v) is 14.7. The summed E-state index contributed by atoms with van der Waals surface area (Å²) in [7, 11) is 0. The smallest absolute Gasteiger partial charge is 0.267 e. The van der Waals surface area contributed by atoms with E-state index in [1.807, 2.05) is 25.1 Å². The number of carbonyl (C=O) groups is 2. The van der Waals surface area contributed by atoms with Gasteiger partial charge in [-0.05, 0) is 36.8 Å². The fourth-order valence-corrected chi connectivity index (χ4v) is 4.06. The lowest BCUT2D eigenvalue weighted by Gasteiger charge is -2.07. The first-order valence-corrected chi connectivity index (χ1v) is 8.52. The third-order valence-corrected chi connectivity index (χ3v) is 5.16. The highest BCUT2D eigenvalue weighted by atomic mass is 35.5. The summed E-state index contributed by atoms with van der Waals surface area (Å²) in [5.74, 6) is -0.429. The van der Waals surface area contributed by atoms with Gasteiger partial charge in [-0.2, -0.15) is 0 Å². The van der Waals surface area contributed by atoms with Gasteiger partial charge < -0.3 is 10.6 Å². The van der Waals surface area contributed by atoms with Crippen molar-refractivity contribution in [1.29, 1.82) is 0 Å². The normalized spacial score (nSPS) is 10.6. The molecule has 1 aromatic heterocycles. The van der Waals surface area contributed by atoms with E-state index >= 15 is 0 Å². The minimum atomic E-state index is -0.263. The van der Waals surface area contributed by atoms with Crippen LogP contribution in [-0.2, 0) is 4.79 Å². The third kappa shape index (κ3) is 3.27. The molecule has 2 aromatic carbocycles. The first-order chi connectivity index (χ1) is 11.5. The van der Waals surface area contributed by atoms with E-state index in [4.69, 9.17) is 11.6 Å². The highest BCUT2D eigenvalue weighted by Gasteiger charge is 2.18. The SMILES string of the molecule is CC(=O)Nc1cccc(NC(=O)c2sc3cccc(C)c3c2Cl)c1. The van der Waals surface area contributed by atoms with Gasteiger partial charge in [0.25, 0.3) is 5.91 Å². The van der Waals surface area contributed by atoms with Crippen LogP contribution in [0.15, 0.2) is 42.5 Å². The number of hydrogen-bond donors (Lipinski definition) is 2. The molecule has 0 spiro atoms. The quantitative estimate of drug-likeness (QED) is 0.686. The minimum absolute atomic E-state index is 0.165. The lowest BCUT2D eigenvalue weighted by molar-refractivity contribution is -0.114. The van der Waals surface area contributed by atoms with Crippen molar-refractivity contribution in [2.24, 2.45) is 0 Å². The fraction of sp³-hybridized carbons (Fsp3) is 0.111. The van der Waals surface area contributed by atoms with E-state index in [1.165, 1.54) is 18.3 Å². The Morgan fingerprint density at radius 2 is 1.71 bits per heavy atom. The van der Waals surface area contributed by atoms with E-state index in [9.17, 15) is 9.59 Å². The van der Waals surface area contributed by atoms with Gasteiger partial charge in [0.15, 0.2) is 0 Å². The average Bonchev–Trinajstić information content (AvgIpc) is 2.85. The predicted molar refractivity (Wildman–Crippen MR) is 100 cm³/mol. The van der Waals surface area contributed by atoms with Crippen LogP contribution in [0.4, 0.5) is 11.4 Å². The number of nitrogens with one attached hydrogen (secondary N) is 2. The van der Waals surface area contributed by atoms with Crippen molar-refractivity contribution in [2.75, 3.05) is 10.6 Å². The third-order valence-electron chi connectivity index (χ3n) is 3.51. The summed E-state index contributed by atoms with van der Waals surface area (Å²) in [6.45, 7) is 3.41. The van der Waals surface area contributed by atoms with Gasteiger partial charge in [0.1, 0.15) is 4.88 Å². The van der Waals surface area contributed by atoms with Crippen LogP contribution >= 0.6 is 22.9 Å². The number of anilines is 2. The molecule has 122 valence electrons. The van der Waals surface area contributed by atoms with E-state index in [0.717, 1.165) is 15.6 Å². The van der Waals surface area contributed by atoms with Gasteiger partial charge in [-0.25, -0.2) is 0 Å². The van der Waals surface area contributed by atoms with Crippen molar-refractivity contribution < 1.29 is 9.59 Å². The monoisotopic (exact) mass is 358 g/mol. The molecule has 6 heteroatoms. The van der Waals surface area contributed by atoms with E-state index in [2.05, 4.69) is 10.6 Å². The minimum Gasteiger partial charge on any atom is -0.326 e. The van der Waals surface area contributed by atoms with Crippen LogP contribution in [-0.4, -0.2) is 11.8 Å². The molecule has 0 aliphatic rings. The van der Waals surface area contributed by atoms with Gasteiger partial charge in [-0.1, -0.05) is 29.8 Å². The van der Waals surface area contributed by atoms with E-state index in [1.54, 1.807) is 24.3 Å². The standard InChI is InChI=1S/C18H15ClN2O2S/c1-10-5-3-8-14-15(10)16(19)17(24-14)18(23)21-13-7-4-6-12(9-13)20-11(2)22/h3-9H,1-2H3,(H,20,22)(H,21,23). The Morgan fingerprint density at radius 1 is 1.04 bits per heavy atom. The molecule has 0 aliphatic carbocycles. The summed E-state index contributed by atoms with van der Waals surface area (Å²) in [4.78, 5) is 24.2. The van der Waals surface area contributed by atoms with Crippen LogP contribution in [0.3, 0.4) is 0 Å². The molecule has 24 heavy (non-hydrogen) atoms. The summed E-state index contributed by atoms with van der Waals surface area (Å²) in [5, 5.41) is 6.91. The lowest BCUT2D eigenvalue weighted by Crippen LogP contribution is -2.11. The Hall–Kier alpha value is -2.37. The van der Waals surface area contributed by atoms with Gasteiger partial charge in [-0.3, -0.25) is 9.59 Å². The zero-order valence-electron chi connectivity index (χ0n) is 13.1. The fourth-order valence-electron chi connectivity index (χ4n) is 2.49. The van der Waals surface area contributed by atoms with Crippen LogP contribution in [0.2, 0.25) is 5.02 Å². The van der Waals surface area contributed by atoms with Crippen LogP contribution in [0.25, 0.3) is 10.1 Å². The van der Waals surface area contributed by atoms with Gasteiger partial charge in [0.2, 0.25) is 5.91 Å². The molecule has 3 aromatic rings. The number of hydrogen-bond acceptors (Lipinski definition) is 3. The second-order valence-corrected chi connectivity index (χ2v) is 6.84. The Kier molecular flexibility index (Phi) is 4.55. The highest BCUT2D eigenvalue weighted by Crippen LogP contribution is 2.37. The summed E-state index contributed by atoms with van der Waals surface area (Å²) in [6, 6.07) is 12.8. The molecule has 0 atom stereocenters. The Morgan fingerprint density at radius 3 is 2.38 bits per heavy atom. The van der Waals surface area contributed by atoms with Gasteiger partial charge in [0.05, 0.1) is 5.02 Å². The van der Waals surface area contributed by atoms with Crippen molar-refractivity contribution in [3.05, 3.63) is 57.9 Å². The molecule has 0 bridgehead atoms. The van der Waals surface area contributed by atoms with Crippen LogP contribution < -0.4 is 10.6 Å². The van der Waals surface area contributed by atoms with Crippen LogP contribution in [0.1, 0.15) is 22.2 Å². The summed E-state index contributed by atoms with van der Waals surface area (Å²) < 4.78 is 0.983. The largest absolute Gasteiger partial charge is 0.326 e. The summed E-state index contributed by atoms with van der Waals surface area (Å²) >= 11 is 7.78. The number of carbonyl (C=O) groups excluding carboxylic acids is 2. The molecule has 2 amide bonds. The topological polar surface area (TPSA) is 58.2 Å². The molecule has 3 rings (SSSR count). The number of thiophene rings is 1. The van der Waals surface area contributed by atoms with E-state index in [0.29, 0.717) is 21.3 Å². The number of amides is 2. The number of halogens is 1. The second-order valence-electron chi connectivity index (χ2n) is 5.41. The second kappa shape index (κ2) is 6.63. The molecule has 2 N–H and O–H groups in total. The molecule has 0 saturated carbocycles. The van der Waals surface area contributed by atoms with Crippen LogP contribution in [0, 0.1) is 6.92 Å². The first-order valence-electron chi connectivity index (χ1n) is 7.32. The van der Waals surface area contributed by atoms with E-state index < -0.39 is 0 Å². The Labute approximate surface area is 148 Å². The summed E-state index contributed by atoms with van der Waals surface area (Å²) in [6.07, 6.45) is 0. The molecular weight excluding hydrogens is 344 g/mol. The maximum absolute atomic E-state index is 12.6. The van der Waals surface area contributed by atoms with E-state index in [-0.39, 0.29) is 11.8 Å². The Bertz CT molecular complexity index is 949. The van der Waals surface area contributed by atoms with Crippen molar-refractivity contribution in [3.8, 4) is 0 Å². The molecular formula is C18H15ClN2O2S. The molecule has 0 radical (unpaired) electrons. The highest BCUT2D eigenvalue weighted by molar-refractivity contribution is 7.21. The Balaban J connectivity index is 1.89. The number of fused-ring (bicyclic) bond motifs is 1. The lowest BCUT2D eigenvalue weighted by atomic mass is 10.1. The van der Waals surface area contributed by atoms with Crippen molar-refractivity contribution >= 4 is 56.2 Å². The maximum atomic E-state index is 12.6. The zero-order chi connectivity index (χ0) is 17.3. The molecule has 1 heterocycles. The van der Waals surface area contributed by atoms with Gasteiger partial charge in [0, 0.05) is 28.4 Å². The summed E-state index contributed by atoms with van der Waals surface area (Å²) in [5.41, 5.74) is 2.26. The number of benzene rings is 2. The maximum Gasteiger partial charge on any atom is 0.267 e. The van der Waals surface area contributed by atoms with Crippen molar-refractivity contribution in [3.63, 3.8) is 0 Å². The first kappa shape index (κ1) is 16.5. The molecule has 0 saturated heterocycles. The molecule has 4 nitrogen and oxygen atoms in total. The molecule has 0 aliphatic heterocycles. The van der Waals surface area contributed by atoms with Crippen molar-refractivity contribution in [1.82, 2.24) is 0 Å². The van der Waals surface area contributed by atoms with Crippen LogP contribution in [0.5, 0.6) is 0 Å². The van der Waals surface area contributed by atoms with Gasteiger partial charge in [-0.15, -0.1) is 11.3 Å². The predicted octanol–water partition coefficient (Wildman–Crippen LogP) is 5.07. The number of aryl methyl sites for hydroxylation is 1. The molecule has 0 fully saturated rings.